The lowest BCUT2D eigenvalue weighted by atomic mass is 9.92. The Morgan fingerprint density at radius 3 is 2.70 bits per heavy atom. The Morgan fingerprint density at radius 2 is 2.13 bits per heavy atom. The molecular formula is C18H20FN3O. The quantitative estimate of drug-likeness (QED) is 0.915. The molecule has 1 amide bonds. The summed E-state index contributed by atoms with van der Waals surface area (Å²) in [6.45, 7) is 5.91. The van der Waals surface area contributed by atoms with E-state index in [0.29, 0.717) is 22.9 Å². The number of benzene rings is 1. The molecule has 1 heterocycles. The minimum absolute atomic E-state index is 0.162. The number of amides is 1. The molecule has 1 N–H and O–H groups in total. The number of aromatic nitrogens is 1. The molecule has 0 spiro atoms. The second-order valence-electron chi connectivity index (χ2n) is 7.39. The van der Waals surface area contributed by atoms with E-state index in [-0.39, 0.29) is 23.2 Å². The minimum Gasteiger partial charge on any atom is -0.322 e. The number of carbonyl (C=O) groups is 1. The maximum absolute atomic E-state index is 14.8. The van der Waals surface area contributed by atoms with Crippen LogP contribution in [-0.2, 0) is 4.79 Å². The predicted molar refractivity (Wildman–Crippen MR) is 87.6 cm³/mol. The molecule has 1 fully saturated rings. The highest BCUT2D eigenvalue weighted by atomic mass is 19.1. The number of hydrogen-bond donors (Lipinski definition) is 1. The molecule has 4 nitrogen and oxygen atoms in total. The zero-order chi connectivity index (χ0) is 16.8. The fourth-order valence-corrected chi connectivity index (χ4v) is 2.82. The normalized spacial score (nSPS) is 14.7. The van der Waals surface area contributed by atoms with Crippen molar-refractivity contribution >= 4 is 22.6 Å². The molecule has 1 saturated carbocycles. The van der Waals surface area contributed by atoms with Crippen molar-refractivity contribution in [3.8, 4) is 6.07 Å². The van der Waals surface area contributed by atoms with Gasteiger partial charge in [-0.05, 0) is 36.5 Å². The largest absolute Gasteiger partial charge is 0.322 e. The maximum Gasteiger partial charge on any atom is 0.226 e. The molecule has 1 aliphatic carbocycles. The van der Waals surface area contributed by atoms with Crippen molar-refractivity contribution in [1.29, 1.82) is 5.26 Å². The molecule has 0 atom stereocenters. The second kappa shape index (κ2) is 5.38. The Kier molecular flexibility index (Phi) is 3.63. The summed E-state index contributed by atoms with van der Waals surface area (Å²) in [6, 6.07) is 7.18. The molecule has 23 heavy (non-hydrogen) atoms. The lowest BCUT2D eigenvalue weighted by molar-refractivity contribution is -0.117. The molecule has 1 aliphatic rings. The zero-order valence-electron chi connectivity index (χ0n) is 13.6. The molecule has 3 rings (SSSR count). The van der Waals surface area contributed by atoms with Crippen LogP contribution in [0.5, 0.6) is 0 Å². The van der Waals surface area contributed by atoms with E-state index in [0.717, 1.165) is 12.8 Å². The molecule has 0 bridgehead atoms. The third-order valence-corrected chi connectivity index (χ3v) is 3.93. The Bertz CT molecular complexity index is 819. The van der Waals surface area contributed by atoms with Gasteiger partial charge in [-0.2, -0.15) is 5.26 Å². The van der Waals surface area contributed by atoms with E-state index in [2.05, 4.69) is 11.4 Å². The average Bonchev–Trinajstić information content (AvgIpc) is 3.25. The van der Waals surface area contributed by atoms with Gasteiger partial charge >= 0.3 is 0 Å². The predicted octanol–water partition coefficient (Wildman–Crippen LogP) is 4.36. The summed E-state index contributed by atoms with van der Waals surface area (Å²) in [5.41, 5.74) is 1.00. The summed E-state index contributed by atoms with van der Waals surface area (Å²) >= 11 is 0. The van der Waals surface area contributed by atoms with Crippen molar-refractivity contribution in [2.24, 2.45) is 5.41 Å². The van der Waals surface area contributed by atoms with Crippen LogP contribution in [0.2, 0.25) is 0 Å². The third kappa shape index (κ3) is 3.07. The Morgan fingerprint density at radius 1 is 1.43 bits per heavy atom. The van der Waals surface area contributed by atoms with E-state index >= 15 is 0 Å². The zero-order valence-corrected chi connectivity index (χ0v) is 13.6. The molecule has 120 valence electrons. The summed E-state index contributed by atoms with van der Waals surface area (Å²) in [5.74, 6) is -0.382. The number of carbonyl (C=O) groups excluding carboxylic acids is 1. The summed E-state index contributed by atoms with van der Waals surface area (Å²) < 4.78 is 16.6. The molecule has 2 aromatic rings. The van der Waals surface area contributed by atoms with Gasteiger partial charge in [0.15, 0.2) is 11.6 Å². The molecular weight excluding hydrogens is 293 g/mol. The molecule has 1 aromatic heterocycles. The highest BCUT2D eigenvalue weighted by Crippen LogP contribution is 2.43. The summed E-state index contributed by atoms with van der Waals surface area (Å²) in [6.07, 6.45) is 2.24. The molecule has 1 aromatic carbocycles. The van der Waals surface area contributed by atoms with Gasteiger partial charge in [-0.15, -0.1) is 0 Å². The number of anilines is 1. The Balaban J connectivity index is 2.06. The third-order valence-electron chi connectivity index (χ3n) is 3.93. The number of nitriles is 1. The lowest BCUT2D eigenvalue weighted by Crippen LogP contribution is -2.21. The molecule has 5 heteroatoms. The number of nitrogens with zero attached hydrogens (tertiary/aromatic N) is 2. The van der Waals surface area contributed by atoms with Gasteiger partial charge in [0, 0.05) is 17.8 Å². The highest BCUT2D eigenvalue weighted by molar-refractivity contribution is 5.95. The number of halogens is 1. The molecule has 0 unspecified atom stereocenters. The monoisotopic (exact) mass is 313 g/mol. The van der Waals surface area contributed by atoms with Crippen molar-refractivity contribution in [3.63, 3.8) is 0 Å². The minimum atomic E-state index is -0.418. The first-order valence-electron chi connectivity index (χ1n) is 7.83. The number of hydrogen-bond acceptors (Lipinski definition) is 2. The average molecular weight is 313 g/mol. The van der Waals surface area contributed by atoms with Crippen LogP contribution in [0.15, 0.2) is 18.2 Å². The molecule has 0 saturated heterocycles. The first kappa shape index (κ1) is 15.5. The van der Waals surface area contributed by atoms with Gasteiger partial charge in [0.25, 0.3) is 0 Å². The standard InChI is InChI=1S/C18H20FN3O/c1-18(2,3)9-15(23)21-17-16(19)13-7-4-11(10-20)8-14(13)22(17)12-5-6-12/h4,7-8,12H,5-6,9H2,1-3H3,(H,21,23). The van der Waals surface area contributed by atoms with Crippen molar-refractivity contribution in [2.45, 2.75) is 46.1 Å². The van der Waals surface area contributed by atoms with Crippen LogP contribution in [0, 0.1) is 22.6 Å². The number of nitrogens with one attached hydrogen (secondary N) is 1. The van der Waals surface area contributed by atoms with Gasteiger partial charge in [-0.25, -0.2) is 4.39 Å². The van der Waals surface area contributed by atoms with Crippen molar-refractivity contribution in [2.75, 3.05) is 5.32 Å². The topological polar surface area (TPSA) is 57.8 Å². The van der Waals surface area contributed by atoms with Crippen LogP contribution < -0.4 is 5.32 Å². The summed E-state index contributed by atoms with van der Waals surface area (Å²) in [7, 11) is 0. The first-order chi connectivity index (χ1) is 10.8. The number of rotatable bonds is 3. The Labute approximate surface area is 134 Å². The number of fused-ring (bicyclic) bond motifs is 1. The molecule has 0 radical (unpaired) electrons. The SMILES string of the molecule is CC(C)(C)CC(=O)Nc1c(F)c2ccc(C#N)cc2n1C1CC1. The lowest BCUT2D eigenvalue weighted by Gasteiger charge is -2.18. The van der Waals surface area contributed by atoms with Gasteiger partial charge in [-0.3, -0.25) is 4.79 Å². The van der Waals surface area contributed by atoms with Crippen molar-refractivity contribution in [3.05, 3.63) is 29.6 Å². The van der Waals surface area contributed by atoms with Crippen LogP contribution in [0.3, 0.4) is 0 Å². The van der Waals surface area contributed by atoms with E-state index in [9.17, 15) is 9.18 Å². The van der Waals surface area contributed by atoms with Gasteiger partial charge in [0.1, 0.15) is 0 Å². The summed E-state index contributed by atoms with van der Waals surface area (Å²) in [4.78, 5) is 12.2. The highest BCUT2D eigenvalue weighted by Gasteiger charge is 2.31. The Hall–Kier alpha value is -2.35. The summed E-state index contributed by atoms with van der Waals surface area (Å²) in [5, 5.41) is 12.3. The molecule has 0 aliphatic heterocycles. The van der Waals surface area contributed by atoms with E-state index in [1.54, 1.807) is 18.2 Å². The van der Waals surface area contributed by atoms with Crippen LogP contribution >= 0.6 is 0 Å². The van der Waals surface area contributed by atoms with Crippen LogP contribution in [0.4, 0.5) is 10.2 Å². The van der Waals surface area contributed by atoms with Crippen molar-refractivity contribution < 1.29 is 9.18 Å². The van der Waals surface area contributed by atoms with E-state index in [1.165, 1.54) is 0 Å². The first-order valence-corrected chi connectivity index (χ1v) is 7.83. The van der Waals surface area contributed by atoms with Crippen LogP contribution in [-0.4, -0.2) is 10.5 Å². The van der Waals surface area contributed by atoms with E-state index in [4.69, 9.17) is 5.26 Å². The maximum atomic E-state index is 14.8. The van der Waals surface area contributed by atoms with Gasteiger partial charge < -0.3 is 9.88 Å². The smallest absolute Gasteiger partial charge is 0.226 e. The second-order valence-corrected chi connectivity index (χ2v) is 7.39. The van der Waals surface area contributed by atoms with Gasteiger partial charge in [0.05, 0.1) is 17.1 Å². The fraction of sp³-hybridized carbons (Fsp3) is 0.444. The van der Waals surface area contributed by atoms with Gasteiger partial charge in [-0.1, -0.05) is 20.8 Å². The van der Waals surface area contributed by atoms with Crippen LogP contribution in [0.25, 0.3) is 10.9 Å². The van der Waals surface area contributed by atoms with Crippen LogP contribution in [0.1, 0.15) is 51.6 Å². The fourth-order valence-electron chi connectivity index (χ4n) is 2.82. The van der Waals surface area contributed by atoms with Gasteiger partial charge in [0.2, 0.25) is 5.91 Å². The van der Waals surface area contributed by atoms with Crippen molar-refractivity contribution in [1.82, 2.24) is 4.57 Å². The van der Waals surface area contributed by atoms with E-state index < -0.39 is 5.82 Å². The van der Waals surface area contributed by atoms with E-state index in [1.807, 2.05) is 25.3 Å².